The Hall–Kier alpha value is -0.700. The molecule has 1 fully saturated rings. The fraction of sp³-hybridized carbons (Fsp3) is 0.417. The van der Waals surface area contributed by atoms with Crippen molar-refractivity contribution in [3.63, 3.8) is 0 Å². The maximum Gasteiger partial charge on any atom is 0.235 e. The van der Waals surface area contributed by atoms with Gasteiger partial charge < -0.3 is 0 Å². The smallest absolute Gasteiger partial charge is 0.211 e. The van der Waals surface area contributed by atoms with Crippen LogP contribution in [0.1, 0.15) is 31.2 Å². The second kappa shape index (κ2) is 4.89. The van der Waals surface area contributed by atoms with Gasteiger partial charge in [0.05, 0.1) is 10.0 Å². The lowest BCUT2D eigenvalue weighted by molar-refractivity contribution is 0.455. The second-order valence-electron chi connectivity index (χ2n) is 4.19. The number of carbonyl (C=O) groups excluding carboxylic acids is 1. The molecule has 0 saturated heterocycles. The lowest BCUT2D eigenvalue weighted by atomic mass is 9.89. The van der Waals surface area contributed by atoms with Gasteiger partial charge in [-0.15, -0.1) is 0 Å². The third kappa shape index (κ3) is 2.30. The predicted octanol–water partition coefficient (Wildman–Crippen LogP) is 4.35. The lowest BCUT2D eigenvalue weighted by Gasteiger charge is -2.24. The summed E-state index contributed by atoms with van der Waals surface area (Å²) in [6.45, 7) is 0. The van der Waals surface area contributed by atoms with E-state index in [0.717, 1.165) is 25.7 Å². The van der Waals surface area contributed by atoms with Crippen molar-refractivity contribution < 1.29 is 9.18 Å². The summed E-state index contributed by atoms with van der Waals surface area (Å²) in [5.41, 5.74) is 0.0861. The van der Waals surface area contributed by atoms with Crippen molar-refractivity contribution in [1.29, 1.82) is 0 Å². The lowest BCUT2D eigenvalue weighted by Crippen LogP contribution is -2.19. The Morgan fingerprint density at radius 1 is 1.41 bits per heavy atom. The van der Waals surface area contributed by atoms with Gasteiger partial charge in [-0.05, 0) is 40.9 Å². The summed E-state index contributed by atoms with van der Waals surface area (Å²) in [7, 11) is 0. The molecular formula is C12H10BrClFNO. The van der Waals surface area contributed by atoms with Gasteiger partial charge in [-0.25, -0.2) is 9.18 Å². The second-order valence-corrected chi connectivity index (χ2v) is 5.45. The highest BCUT2D eigenvalue weighted by atomic mass is 79.9. The predicted molar refractivity (Wildman–Crippen MR) is 67.4 cm³/mol. The number of hydrogen-bond donors (Lipinski definition) is 0. The van der Waals surface area contributed by atoms with Crippen molar-refractivity contribution in [1.82, 2.24) is 0 Å². The van der Waals surface area contributed by atoms with Crippen LogP contribution in [0.5, 0.6) is 0 Å². The summed E-state index contributed by atoms with van der Waals surface area (Å²) in [6.07, 6.45) is 5.08. The first-order valence-corrected chi connectivity index (χ1v) is 6.50. The third-order valence-electron chi connectivity index (χ3n) is 3.20. The maximum atomic E-state index is 13.3. The minimum Gasteiger partial charge on any atom is -0.211 e. The number of isocyanates is 1. The first-order chi connectivity index (χ1) is 8.09. The molecule has 0 heterocycles. The Balaban J connectivity index is 2.57. The minimum atomic E-state index is -0.616. The summed E-state index contributed by atoms with van der Waals surface area (Å²) in [6, 6.07) is 2.87. The van der Waals surface area contributed by atoms with Gasteiger partial charge in [0.25, 0.3) is 0 Å². The molecule has 5 heteroatoms. The van der Waals surface area contributed by atoms with Gasteiger partial charge in [-0.1, -0.05) is 24.4 Å². The van der Waals surface area contributed by atoms with E-state index in [-0.39, 0.29) is 0 Å². The fourth-order valence-corrected chi connectivity index (χ4v) is 3.04. The molecule has 1 aromatic carbocycles. The molecule has 0 aliphatic heterocycles. The van der Waals surface area contributed by atoms with Crippen LogP contribution in [-0.2, 0) is 10.3 Å². The van der Waals surface area contributed by atoms with Gasteiger partial charge in [0.2, 0.25) is 6.08 Å². The van der Waals surface area contributed by atoms with Crippen molar-refractivity contribution in [3.8, 4) is 0 Å². The Labute approximate surface area is 112 Å². The summed E-state index contributed by atoms with van der Waals surface area (Å²) in [5, 5.41) is 0.312. The van der Waals surface area contributed by atoms with Gasteiger partial charge in [-0.3, -0.25) is 0 Å². The maximum absolute atomic E-state index is 13.3. The van der Waals surface area contributed by atoms with Gasteiger partial charge in [-0.2, -0.15) is 4.99 Å². The fourth-order valence-electron chi connectivity index (χ4n) is 2.37. The molecule has 0 amide bonds. The number of benzene rings is 1. The van der Waals surface area contributed by atoms with Crippen molar-refractivity contribution in [2.24, 2.45) is 4.99 Å². The van der Waals surface area contributed by atoms with E-state index < -0.39 is 11.4 Å². The number of rotatable bonds is 2. The Kier molecular flexibility index (Phi) is 3.67. The molecule has 90 valence electrons. The summed E-state index contributed by atoms with van der Waals surface area (Å²) in [5.74, 6) is -0.415. The summed E-state index contributed by atoms with van der Waals surface area (Å²) >= 11 is 9.18. The molecule has 0 atom stereocenters. The summed E-state index contributed by atoms with van der Waals surface area (Å²) in [4.78, 5) is 14.5. The van der Waals surface area contributed by atoms with E-state index in [9.17, 15) is 9.18 Å². The highest BCUT2D eigenvalue weighted by Crippen LogP contribution is 2.45. The molecule has 0 N–H and O–H groups in total. The molecule has 2 rings (SSSR count). The van der Waals surface area contributed by atoms with E-state index in [0.29, 0.717) is 15.1 Å². The molecule has 1 aromatic rings. The van der Waals surface area contributed by atoms with Crippen LogP contribution in [0.15, 0.2) is 21.6 Å². The first kappa shape index (κ1) is 12.7. The van der Waals surface area contributed by atoms with Gasteiger partial charge in [0.15, 0.2) is 0 Å². The van der Waals surface area contributed by atoms with E-state index in [1.807, 2.05) is 0 Å². The number of aliphatic imine (C=N–C) groups is 1. The largest absolute Gasteiger partial charge is 0.235 e. The van der Waals surface area contributed by atoms with E-state index in [1.54, 1.807) is 12.1 Å². The van der Waals surface area contributed by atoms with Crippen LogP contribution in [0.2, 0.25) is 5.02 Å². The topological polar surface area (TPSA) is 29.4 Å². The Bertz CT molecular complexity index is 494. The Morgan fingerprint density at radius 2 is 2.06 bits per heavy atom. The van der Waals surface area contributed by atoms with Crippen molar-refractivity contribution in [3.05, 3.63) is 33.0 Å². The molecule has 1 saturated carbocycles. The normalized spacial score (nSPS) is 17.8. The average molecular weight is 319 g/mol. The van der Waals surface area contributed by atoms with E-state index in [2.05, 4.69) is 20.9 Å². The molecule has 2 nitrogen and oxygen atoms in total. The zero-order valence-corrected chi connectivity index (χ0v) is 11.3. The molecule has 17 heavy (non-hydrogen) atoms. The van der Waals surface area contributed by atoms with E-state index >= 15 is 0 Å². The van der Waals surface area contributed by atoms with Crippen LogP contribution >= 0.6 is 27.5 Å². The first-order valence-electron chi connectivity index (χ1n) is 5.33. The molecule has 0 unspecified atom stereocenters. The van der Waals surface area contributed by atoms with Crippen LogP contribution in [0.25, 0.3) is 0 Å². The van der Waals surface area contributed by atoms with Gasteiger partial charge >= 0.3 is 0 Å². The van der Waals surface area contributed by atoms with Gasteiger partial charge in [0.1, 0.15) is 5.82 Å². The highest BCUT2D eigenvalue weighted by molar-refractivity contribution is 9.10. The van der Waals surface area contributed by atoms with Crippen LogP contribution in [-0.4, -0.2) is 6.08 Å². The zero-order chi connectivity index (χ0) is 12.5. The molecule has 0 bridgehead atoms. The molecule has 0 spiro atoms. The summed E-state index contributed by atoms with van der Waals surface area (Å²) < 4.78 is 13.7. The molecule has 0 aromatic heterocycles. The average Bonchev–Trinajstić information content (AvgIpc) is 2.73. The van der Waals surface area contributed by atoms with Crippen molar-refractivity contribution >= 4 is 33.6 Å². The molecule has 0 radical (unpaired) electrons. The third-order valence-corrected chi connectivity index (χ3v) is 4.12. The standard InChI is InChI=1S/C12H10BrClFNO/c13-9-5-8(10(14)6-11(9)15)12(16-7-17)3-1-2-4-12/h5-6H,1-4H2. The minimum absolute atomic E-state index is 0.312. The molecule has 1 aliphatic rings. The number of nitrogens with zero attached hydrogens (tertiary/aromatic N) is 1. The van der Waals surface area contributed by atoms with Crippen LogP contribution in [0, 0.1) is 5.82 Å². The molecular weight excluding hydrogens is 308 g/mol. The quantitative estimate of drug-likeness (QED) is 0.453. The zero-order valence-electron chi connectivity index (χ0n) is 8.97. The number of halogens is 3. The monoisotopic (exact) mass is 317 g/mol. The van der Waals surface area contributed by atoms with Crippen molar-refractivity contribution in [2.75, 3.05) is 0 Å². The molecule has 1 aliphatic carbocycles. The number of hydrogen-bond acceptors (Lipinski definition) is 2. The van der Waals surface area contributed by atoms with Crippen molar-refractivity contribution in [2.45, 2.75) is 31.2 Å². The van der Waals surface area contributed by atoms with Crippen LogP contribution in [0.3, 0.4) is 0 Å². The van der Waals surface area contributed by atoms with E-state index in [1.165, 1.54) is 6.07 Å². The van der Waals surface area contributed by atoms with E-state index in [4.69, 9.17) is 11.6 Å². The Morgan fingerprint density at radius 3 is 2.65 bits per heavy atom. The SMILES string of the molecule is O=C=NC1(c2cc(Br)c(F)cc2Cl)CCCC1. The van der Waals surface area contributed by atoms with Gasteiger partial charge in [0, 0.05) is 10.6 Å². The highest BCUT2D eigenvalue weighted by Gasteiger charge is 2.37. The van der Waals surface area contributed by atoms with Crippen LogP contribution < -0.4 is 0 Å². The van der Waals surface area contributed by atoms with Crippen LogP contribution in [0.4, 0.5) is 4.39 Å².